The molecule has 0 spiro atoms. The summed E-state index contributed by atoms with van der Waals surface area (Å²) in [4.78, 5) is 21.2. The van der Waals surface area contributed by atoms with Gasteiger partial charge in [-0.15, -0.1) is 0 Å². The second-order valence-electron chi connectivity index (χ2n) is 2.46. The number of thioether (sulfide) groups is 1. The summed E-state index contributed by atoms with van der Waals surface area (Å²) in [7, 11) is 0. The second-order valence-corrected chi connectivity index (χ2v) is 3.67. The molecule has 0 aromatic heterocycles. The highest BCUT2D eigenvalue weighted by Crippen LogP contribution is 2.10. The van der Waals surface area contributed by atoms with Gasteiger partial charge >= 0.3 is 5.97 Å². The molecule has 0 fully saturated rings. The van der Waals surface area contributed by atoms with Gasteiger partial charge < -0.3 is 10.4 Å². The van der Waals surface area contributed by atoms with Crippen LogP contribution >= 0.6 is 11.8 Å². The molecule has 0 aliphatic carbocycles. The SMILES string of the molecule is CSC(C)C(NC(C)=O)C(=O)O. The quantitative estimate of drug-likeness (QED) is 0.672. The molecular formula is C7H13NO3S. The van der Waals surface area contributed by atoms with Crippen molar-refractivity contribution in [2.24, 2.45) is 0 Å². The van der Waals surface area contributed by atoms with Crippen molar-refractivity contribution in [3.05, 3.63) is 0 Å². The standard InChI is InChI=1S/C7H13NO3S/c1-4(12-3)6(7(10)11)8-5(2)9/h4,6H,1-3H3,(H,8,9)(H,10,11). The minimum absolute atomic E-state index is 0.119. The number of amides is 1. The van der Waals surface area contributed by atoms with Crippen LogP contribution in [0.15, 0.2) is 0 Å². The molecule has 2 atom stereocenters. The number of nitrogens with one attached hydrogen (secondary N) is 1. The second kappa shape index (κ2) is 5.03. The van der Waals surface area contributed by atoms with Crippen molar-refractivity contribution in [3.8, 4) is 0 Å². The van der Waals surface area contributed by atoms with Crippen LogP contribution in [0.3, 0.4) is 0 Å². The van der Waals surface area contributed by atoms with Crippen molar-refractivity contribution in [2.45, 2.75) is 25.1 Å². The molecule has 0 rings (SSSR count). The summed E-state index contributed by atoms with van der Waals surface area (Å²) < 4.78 is 0. The number of carboxylic acids is 1. The van der Waals surface area contributed by atoms with Gasteiger partial charge in [0.15, 0.2) is 0 Å². The van der Waals surface area contributed by atoms with Crippen molar-refractivity contribution in [1.29, 1.82) is 0 Å². The number of hydrogen-bond acceptors (Lipinski definition) is 3. The maximum Gasteiger partial charge on any atom is 0.327 e. The molecule has 0 aliphatic heterocycles. The maximum atomic E-state index is 10.6. The van der Waals surface area contributed by atoms with Crippen LogP contribution in [0.25, 0.3) is 0 Å². The van der Waals surface area contributed by atoms with Gasteiger partial charge in [0.1, 0.15) is 6.04 Å². The van der Waals surface area contributed by atoms with E-state index in [4.69, 9.17) is 5.11 Å². The Hall–Kier alpha value is -0.710. The highest BCUT2D eigenvalue weighted by molar-refractivity contribution is 7.99. The third-order valence-electron chi connectivity index (χ3n) is 1.47. The first-order valence-electron chi connectivity index (χ1n) is 3.51. The fraction of sp³-hybridized carbons (Fsp3) is 0.714. The van der Waals surface area contributed by atoms with Crippen molar-refractivity contribution in [1.82, 2.24) is 5.32 Å². The Labute approximate surface area is 75.7 Å². The summed E-state index contributed by atoms with van der Waals surface area (Å²) in [6.07, 6.45) is 1.81. The predicted octanol–water partition coefficient (Wildman–Crippen LogP) is 0.327. The molecule has 5 heteroatoms. The van der Waals surface area contributed by atoms with Gasteiger partial charge in [-0.1, -0.05) is 6.92 Å². The van der Waals surface area contributed by atoms with E-state index in [9.17, 15) is 9.59 Å². The number of aliphatic carboxylic acids is 1. The molecule has 0 aromatic carbocycles. The summed E-state index contributed by atoms with van der Waals surface area (Å²) >= 11 is 1.41. The molecule has 1 amide bonds. The first kappa shape index (κ1) is 11.3. The number of rotatable bonds is 4. The van der Waals surface area contributed by atoms with Gasteiger partial charge in [0.25, 0.3) is 0 Å². The molecule has 0 heterocycles. The van der Waals surface area contributed by atoms with E-state index in [-0.39, 0.29) is 11.2 Å². The fourth-order valence-electron chi connectivity index (χ4n) is 0.735. The zero-order valence-corrected chi connectivity index (χ0v) is 8.14. The first-order valence-corrected chi connectivity index (χ1v) is 4.80. The highest BCUT2D eigenvalue weighted by Gasteiger charge is 2.24. The monoisotopic (exact) mass is 191 g/mol. The Bertz CT molecular complexity index is 183. The van der Waals surface area contributed by atoms with E-state index in [0.717, 1.165) is 0 Å². The minimum Gasteiger partial charge on any atom is -0.480 e. The molecule has 0 aromatic rings. The predicted molar refractivity (Wildman–Crippen MR) is 48.2 cm³/mol. The molecule has 12 heavy (non-hydrogen) atoms. The third kappa shape index (κ3) is 3.61. The van der Waals surface area contributed by atoms with Gasteiger partial charge in [0.2, 0.25) is 5.91 Å². The van der Waals surface area contributed by atoms with Crippen LogP contribution in [0.1, 0.15) is 13.8 Å². The molecule has 2 N–H and O–H groups in total. The summed E-state index contributed by atoms with van der Waals surface area (Å²) in [5, 5.41) is 10.9. The lowest BCUT2D eigenvalue weighted by atomic mass is 10.2. The van der Waals surface area contributed by atoms with Crippen LogP contribution in [0, 0.1) is 0 Å². The number of carbonyl (C=O) groups excluding carboxylic acids is 1. The number of hydrogen-bond donors (Lipinski definition) is 2. The average Bonchev–Trinajstić information content (AvgIpc) is 1.98. The Balaban J connectivity index is 4.22. The van der Waals surface area contributed by atoms with E-state index in [1.807, 2.05) is 6.26 Å². The van der Waals surface area contributed by atoms with Gasteiger partial charge in [0, 0.05) is 12.2 Å². The highest BCUT2D eigenvalue weighted by atomic mass is 32.2. The van der Waals surface area contributed by atoms with Gasteiger partial charge in [-0.25, -0.2) is 4.79 Å². The van der Waals surface area contributed by atoms with Crippen LogP contribution in [0.4, 0.5) is 0 Å². The van der Waals surface area contributed by atoms with Crippen LogP contribution < -0.4 is 5.32 Å². The van der Waals surface area contributed by atoms with Crippen LogP contribution in [0.5, 0.6) is 0 Å². The average molecular weight is 191 g/mol. The molecule has 0 saturated carbocycles. The van der Waals surface area contributed by atoms with E-state index in [2.05, 4.69) is 5.32 Å². The Kier molecular flexibility index (Phi) is 4.73. The molecule has 4 nitrogen and oxygen atoms in total. The first-order chi connectivity index (χ1) is 5.49. The molecule has 0 saturated heterocycles. The normalized spacial score (nSPS) is 14.9. The molecule has 0 aliphatic rings. The zero-order valence-electron chi connectivity index (χ0n) is 7.33. The zero-order chi connectivity index (χ0) is 9.72. The largest absolute Gasteiger partial charge is 0.480 e. The Morgan fingerprint density at radius 1 is 1.50 bits per heavy atom. The summed E-state index contributed by atoms with van der Waals surface area (Å²) in [6, 6.07) is -0.794. The minimum atomic E-state index is -0.993. The fourth-order valence-corrected chi connectivity index (χ4v) is 1.19. The smallest absolute Gasteiger partial charge is 0.327 e. The molecule has 0 radical (unpaired) electrons. The third-order valence-corrected chi connectivity index (χ3v) is 2.48. The van der Waals surface area contributed by atoms with E-state index < -0.39 is 12.0 Å². The summed E-state index contributed by atoms with van der Waals surface area (Å²) in [6.45, 7) is 3.07. The molecule has 2 unspecified atom stereocenters. The number of carboxylic acid groups (broad SMARTS) is 1. The molecule has 0 bridgehead atoms. The van der Waals surface area contributed by atoms with Crippen LogP contribution in [-0.4, -0.2) is 34.5 Å². The Morgan fingerprint density at radius 3 is 2.25 bits per heavy atom. The lowest BCUT2D eigenvalue weighted by molar-refractivity contribution is -0.141. The topological polar surface area (TPSA) is 66.4 Å². The van der Waals surface area contributed by atoms with Crippen LogP contribution in [-0.2, 0) is 9.59 Å². The molecular weight excluding hydrogens is 178 g/mol. The van der Waals surface area contributed by atoms with Gasteiger partial charge in [-0.3, -0.25) is 4.79 Å². The summed E-state index contributed by atoms with van der Waals surface area (Å²) in [5.41, 5.74) is 0. The number of carbonyl (C=O) groups is 2. The van der Waals surface area contributed by atoms with Gasteiger partial charge in [0.05, 0.1) is 0 Å². The molecule has 70 valence electrons. The van der Waals surface area contributed by atoms with Crippen molar-refractivity contribution < 1.29 is 14.7 Å². The lowest BCUT2D eigenvalue weighted by Crippen LogP contribution is -2.45. The van der Waals surface area contributed by atoms with E-state index in [0.29, 0.717) is 0 Å². The maximum absolute atomic E-state index is 10.6. The Morgan fingerprint density at radius 2 is 2.00 bits per heavy atom. The van der Waals surface area contributed by atoms with Gasteiger partial charge in [-0.2, -0.15) is 11.8 Å². The van der Waals surface area contributed by atoms with Gasteiger partial charge in [-0.05, 0) is 6.26 Å². The van der Waals surface area contributed by atoms with Crippen molar-refractivity contribution in [2.75, 3.05) is 6.26 Å². The van der Waals surface area contributed by atoms with E-state index >= 15 is 0 Å². The van der Waals surface area contributed by atoms with Crippen molar-refractivity contribution in [3.63, 3.8) is 0 Å². The van der Waals surface area contributed by atoms with Crippen molar-refractivity contribution >= 4 is 23.6 Å². The van der Waals surface area contributed by atoms with Crippen LogP contribution in [0.2, 0.25) is 0 Å². The van der Waals surface area contributed by atoms with E-state index in [1.54, 1.807) is 6.92 Å². The van der Waals surface area contributed by atoms with E-state index in [1.165, 1.54) is 18.7 Å². The summed E-state index contributed by atoms with van der Waals surface area (Å²) in [5.74, 6) is -1.31. The lowest BCUT2D eigenvalue weighted by Gasteiger charge is -2.18.